The second-order valence-corrected chi connectivity index (χ2v) is 6.60. The first-order valence-corrected chi connectivity index (χ1v) is 8.86. The maximum absolute atomic E-state index is 14.0. The summed E-state index contributed by atoms with van der Waals surface area (Å²) in [6.07, 6.45) is 3.27. The van der Waals surface area contributed by atoms with Crippen LogP contribution in [-0.2, 0) is 0 Å². The SMILES string of the molecule is CC(C)[C@H](CO)Nc1nc(Nc2cccc(F)c2F)cc(-c2ccncc2)n1. The molecule has 0 unspecified atom stereocenters. The number of aromatic nitrogens is 3. The van der Waals surface area contributed by atoms with Crippen molar-refractivity contribution in [1.29, 1.82) is 0 Å². The molecule has 0 aliphatic carbocycles. The molecule has 0 aliphatic rings. The molecule has 0 amide bonds. The zero-order chi connectivity index (χ0) is 20.1. The van der Waals surface area contributed by atoms with Gasteiger partial charge in [0, 0.05) is 24.0 Å². The van der Waals surface area contributed by atoms with Gasteiger partial charge in [0.1, 0.15) is 5.82 Å². The second-order valence-electron chi connectivity index (χ2n) is 6.60. The Morgan fingerprint density at radius 2 is 1.82 bits per heavy atom. The number of aliphatic hydroxyl groups is 1. The van der Waals surface area contributed by atoms with E-state index in [1.165, 1.54) is 12.1 Å². The van der Waals surface area contributed by atoms with E-state index in [0.29, 0.717) is 5.69 Å². The summed E-state index contributed by atoms with van der Waals surface area (Å²) in [4.78, 5) is 12.8. The minimum Gasteiger partial charge on any atom is -0.394 e. The number of nitrogens with one attached hydrogen (secondary N) is 2. The molecule has 3 aromatic rings. The minimum atomic E-state index is -0.989. The fourth-order valence-corrected chi connectivity index (χ4v) is 2.57. The zero-order valence-electron chi connectivity index (χ0n) is 15.5. The molecule has 146 valence electrons. The minimum absolute atomic E-state index is 0.0344. The molecular formula is C20H21F2N5O. The summed E-state index contributed by atoms with van der Waals surface area (Å²) in [6.45, 7) is 3.82. The van der Waals surface area contributed by atoms with Crippen LogP contribution >= 0.6 is 0 Å². The molecule has 0 saturated heterocycles. The van der Waals surface area contributed by atoms with Crippen LogP contribution in [0.25, 0.3) is 11.3 Å². The number of benzene rings is 1. The van der Waals surface area contributed by atoms with Crippen LogP contribution in [0.3, 0.4) is 0 Å². The summed E-state index contributed by atoms with van der Waals surface area (Å²) in [6, 6.07) is 8.82. The molecule has 8 heteroatoms. The molecule has 0 aliphatic heterocycles. The van der Waals surface area contributed by atoms with Gasteiger partial charge in [-0.2, -0.15) is 4.98 Å². The average molecular weight is 385 g/mol. The standard InChI is InChI=1S/C20H21F2N5O/c1-12(2)17(11-28)26-20-25-16(13-6-8-23-9-7-13)10-18(27-20)24-15-5-3-4-14(21)19(15)22/h3-10,12,17,28H,11H2,1-2H3,(H2,24,25,26,27)/t17-/m0/s1. The van der Waals surface area contributed by atoms with Gasteiger partial charge in [-0.05, 0) is 30.2 Å². The van der Waals surface area contributed by atoms with Gasteiger partial charge in [0.05, 0.1) is 24.0 Å². The third-order valence-corrected chi connectivity index (χ3v) is 4.23. The van der Waals surface area contributed by atoms with Gasteiger partial charge in [-0.25, -0.2) is 13.8 Å². The number of anilines is 3. The van der Waals surface area contributed by atoms with Crippen LogP contribution in [0.4, 0.5) is 26.2 Å². The molecule has 28 heavy (non-hydrogen) atoms. The average Bonchev–Trinajstić information content (AvgIpc) is 2.70. The molecule has 0 radical (unpaired) electrons. The fourth-order valence-electron chi connectivity index (χ4n) is 2.57. The molecule has 1 atom stereocenters. The Kier molecular flexibility index (Phi) is 6.10. The van der Waals surface area contributed by atoms with Crippen molar-refractivity contribution in [3.05, 3.63) is 60.4 Å². The van der Waals surface area contributed by atoms with Crippen molar-refractivity contribution in [3.63, 3.8) is 0 Å². The maximum Gasteiger partial charge on any atom is 0.225 e. The summed E-state index contributed by atoms with van der Waals surface area (Å²) < 4.78 is 27.6. The van der Waals surface area contributed by atoms with Crippen molar-refractivity contribution in [3.8, 4) is 11.3 Å². The van der Waals surface area contributed by atoms with Crippen LogP contribution in [0.1, 0.15) is 13.8 Å². The van der Waals surface area contributed by atoms with Crippen LogP contribution in [0.15, 0.2) is 48.8 Å². The van der Waals surface area contributed by atoms with Gasteiger partial charge in [0.2, 0.25) is 5.95 Å². The third-order valence-electron chi connectivity index (χ3n) is 4.23. The molecule has 2 heterocycles. The van der Waals surface area contributed by atoms with Crippen molar-refractivity contribution in [1.82, 2.24) is 15.0 Å². The fraction of sp³-hybridized carbons (Fsp3) is 0.250. The number of aliphatic hydroxyl groups excluding tert-OH is 1. The Labute approximate surface area is 161 Å². The molecule has 2 aromatic heterocycles. The van der Waals surface area contributed by atoms with Crippen LogP contribution in [-0.4, -0.2) is 32.7 Å². The van der Waals surface area contributed by atoms with Crippen molar-refractivity contribution >= 4 is 17.5 Å². The highest BCUT2D eigenvalue weighted by Gasteiger charge is 2.16. The zero-order valence-corrected chi connectivity index (χ0v) is 15.5. The molecule has 0 bridgehead atoms. The van der Waals surface area contributed by atoms with E-state index in [0.717, 1.165) is 11.6 Å². The van der Waals surface area contributed by atoms with Crippen molar-refractivity contribution in [2.75, 3.05) is 17.2 Å². The van der Waals surface area contributed by atoms with E-state index in [9.17, 15) is 13.9 Å². The Morgan fingerprint density at radius 1 is 1.07 bits per heavy atom. The quantitative estimate of drug-likeness (QED) is 0.570. The lowest BCUT2D eigenvalue weighted by atomic mass is 10.1. The number of hydrogen-bond acceptors (Lipinski definition) is 6. The van der Waals surface area contributed by atoms with Gasteiger partial charge in [0.15, 0.2) is 11.6 Å². The highest BCUT2D eigenvalue weighted by Crippen LogP contribution is 2.26. The Balaban J connectivity index is 2.00. The highest BCUT2D eigenvalue weighted by molar-refractivity contribution is 5.67. The molecule has 0 saturated carbocycles. The lowest BCUT2D eigenvalue weighted by Gasteiger charge is -2.20. The molecule has 3 N–H and O–H groups in total. The van der Waals surface area contributed by atoms with E-state index in [-0.39, 0.29) is 36.0 Å². The summed E-state index contributed by atoms with van der Waals surface area (Å²) in [5, 5.41) is 15.5. The first-order valence-electron chi connectivity index (χ1n) is 8.86. The van der Waals surface area contributed by atoms with Gasteiger partial charge in [-0.15, -0.1) is 0 Å². The summed E-state index contributed by atoms with van der Waals surface area (Å²) >= 11 is 0. The first-order chi connectivity index (χ1) is 13.5. The third kappa shape index (κ3) is 4.58. The van der Waals surface area contributed by atoms with E-state index in [1.807, 2.05) is 13.8 Å². The predicted octanol–water partition coefficient (Wildman–Crippen LogP) is 3.99. The van der Waals surface area contributed by atoms with Crippen LogP contribution in [0.2, 0.25) is 0 Å². The van der Waals surface area contributed by atoms with E-state index in [2.05, 4.69) is 25.6 Å². The second kappa shape index (κ2) is 8.71. The smallest absolute Gasteiger partial charge is 0.225 e. The number of halogens is 2. The summed E-state index contributed by atoms with van der Waals surface area (Å²) in [7, 11) is 0. The van der Waals surface area contributed by atoms with Gasteiger partial charge in [0.25, 0.3) is 0 Å². The van der Waals surface area contributed by atoms with Crippen molar-refractivity contribution < 1.29 is 13.9 Å². The lowest BCUT2D eigenvalue weighted by Crippen LogP contribution is -2.30. The predicted molar refractivity (Wildman–Crippen MR) is 104 cm³/mol. The number of rotatable bonds is 7. The number of pyridine rings is 1. The van der Waals surface area contributed by atoms with Gasteiger partial charge < -0.3 is 15.7 Å². The Hall–Kier alpha value is -3.13. The molecule has 1 aromatic carbocycles. The van der Waals surface area contributed by atoms with Crippen LogP contribution in [0, 0.1) is 17.6 Å². The van der Waals surface area contributed by atoms with Crippen LogP contribution in [0.5, 0.6) is 0 Å². The first kappa shape index (κ1) is 19.6. The van der Waals surface area contributed by atoms with E-state index < -0.39 is 11.6 Å². The molecule has 0 spiro atoms. The van der Waals surface area contributed by atoms with E-state index in [4.69, 9.17) is 0 Å². The van der Waals surface area contributed by atoms with Crippen LogP contribution < -0.4 is 10.6 Å². The van der Waals surface area contributed by atoms with Crippen molar-refractivity contribution in [2.45, 2.75) is 19.9 Å². The van der Waals surface area contributed by atoms with Gasteiger partial charge >= 0.3 is 0 Å². The monoisotopic (exact) mass is 385 g/mol. The highest BCUT2D eigenvalue weighted by atomic mass is 19.2. The molecule has 3 rings (SSSR count). The molecule has 6 nitrogen and oxygen atoms in total. The molecular weight excluding hydrogens is 364 g/mol. The lowest BCUT2D eigenvalue weighted by molar-refractivity contribution is 0.248. The maximum atomic E-state index is 14.0. The van der Waals surface area contributed by atoms with Gasteiger partial charge in [-0.1, -0.05) is 19.9 Å². The largest absolute Gasteiger partial charge is 0.394 e. The normalized spacial score (nSPS) is 12.1. The van der Waals surface area contributed by atoms with Gasteiger partial charge in [-0.3, -0.25) is 4.98 Å². The van der Waals surface area contributed by atoms with E-state index >= 15 is 0 Å². The number of nitrogens with zero attached hydrogens (tertiary/aromatic N) is 3. The Bertz CT molecular complexity index is 937. The summed E-state index contributed by atoms with van der Waals surface area (Å²) in [5.74, 6) is -1.26. The topological polar surface area (TPSA) is 83.0 Å². The number of hydrogen-bond donors (Lipinski definition) is 3. The van der Waals surface area contributed by atoms with Crippen molar-refractivity contribution in [2.24, 2.45) is 5.92 Å². The molecule has 0 fully saturated rings. The summed E-state index contributed by atoms with van der Waals surface area (Å²) in [5.41, 5.74) is 1.32. The van der Waals surface area contributed by atoms with E-state index in [1.54, 1.807) is 30.6 Å². The Morgan fingerprint density at radius 3 is 2.50 bits per heavy atom.